The van der Waals surface area contributed by atoms with Crippen molar-refractivity contribution in [3.8, 4) is 5.75 Å². The van der Waals surface area contributed by atoms with E-state index >= 15 is 0 Å². The van der Waals surface area contributed by atoms with Gasteiger partial charge in [0.1, 0.15) is 5.75 Å². The Balaban J connectivity index is 1.39. The monoisotopic (exact) mass is 354 g/mol. The van der Waals surface area contributed by atoms with E-state index in [1.165, 1.54) is 43.4 Å². The van der Waals surface area contributed by atoms with Gasteiger partial charge in [0.15, 0.2) is 0 Å². The summed E-state index contributed by atoms with van der Waals surface area (Å²) in [5.41, 5.74) is 0.631. The Morgan fingerprint density at radius 2 is 1.65 bits per heavy atom. The third-order valence-corrected chi connectivity index (χ3v) is 6.99. The summed E-state index contributed by atoms with van der Waals surface area (Å²) in [7, 11) is 1.56. The Bertz CT molecular complexity index is 724. The average molecular weight is 354 g/mol. The van der Waals surface area contributed by atoms with E-state index in [4.69, 9.17) is 4.74 Å². The first kappa shape index (κ1) is 16.3. The van der Waals surface area contributed by atoms with E-state index in [9.17, 15) is 9.59 Å². The molecule has 1 aromatic carbocycles. The molecule has 5 aliphatic rings. The normalized spacial score (nSPS) is 38.3. The maximum atomic E-state index is 13.1. The lowest BCUT2D eigenvalue weighted by molar-refractivity contribution is -0.122. The number of benzene rings is 1. The SMILES string of the molecule is COc1ccccc1N1C(=O)CC(NC23CC4CC(CC(C4)C2)C3)C1=O. The molecule has 0 aromatic heterocycles. The van der Waals surface area contributed by atoms with Crippen molar-refractivity contribution in [3.05, 3.63) is 24.3 Å². The average Bonchev–Trinajstić information content (AvgIpc) is 2.86. The van der Waals surface area contributed by atoms with Crippen LogP contribution in [0, 0.1) is 17.8 Å². The molecule has 4 aliphatic carbocycles. The minimum absolute atomic E-state index is 0.0755. The minimum Gasteiger partial charge on any atom is -0.495 e. The van der Waals surface area contributed by atoms with Crippen LogP contribution in [0.15, 0.2) is 24.3 Å². The van der Waals surface area contributed by atoms with Gasteiger partial charge in [-0.05, 0) is 68.4 Å². The Labute approximate surface area is 154 Å². The van der Waals surface area contributed by atoms with Gasteiger partial charge in [-0.3, -0.25) is 14.9 Å². The van der Waals surface area contributed by atoms with Gasteiger partial charge in [-0.25, -0.2) is 4.90 Å². The number of para-hydroxylation sites is 2. The second kappa shape index (κ2) is 5.81. The largest absolute Gasteiger partial charge is 0.495 e. The molecule has 1 N–H and O–H groups in total. The van der Waals surface area contributed by atoms with Gasteiger partial charge in [-0.1, -0.05) is 12.1 Å². The number of carbonyl (C=O) groups is 2. The van der Waals surface area contributed by atoms with Crippen molar-refractivity contribution in [3.63, 3.8) is 0 Å². The van der Waals surface area contributed by atoms with Crippen LogP contribution in [0.25, 0.3) is 0 Å². The molecule has 26 heavy (non-hydrogen) atoms. The van der Waals surface area contributed by atoms with E-state index in [0.29, 0.717) is 11.4 Å². The smallest absolute Gasteiger partial charge is 0.251 e. The van der Waals surface area contributed by atoms with E-state index < -0.39 is 6.04 Å². The second-order valence-corrected chi connectivity index (χ2v) is 8.84. The van der Waals surface area contributed by atoms with Crippen LogP contribution < -0.4 is 15.0 Å². The Morgan fingerprint density at radius 1 is 1.04 bits per heavy atom. The molecule has 4 bridgehead atoms. The van der Waals surface area contributed by atoms with Crippen LogP contribution in [0.3, 0.4) is 0 Å². The molecular formula is C21H26N2O3. The number of rotatable bonds is 4. The molecule has 1 atom stereocenters. The van der Waals surface area contributed by atoms with E-state index in [-0.39, 0.29) is 23.8 Å². The summed E-state index contributed by atoms with van der Waals surface area (Å²) in [5.74, 6) is 2.73. The summed E-state index contributed by atoms with van der Waals surface area (Å²) < 4.78 is 5.36. The van der Waals surface area contributed by atoms with Crippen LogP contribution in [0.2, 0.25) is 0 Å². The molecule has 1 heterocycles. The minimum atomic E-state index is -0.399. The standard InChI is InChI=1S/C21H26N2O3/c1-26-18-5-3-2-4-17(18)23-19(24)9-16(20(23)25)22-21-10-13-6-14(11-21)8-15(7-13)12-21/h2-5,13-16,22H,6-12H2,1H3. The van der Waals surface area contributed by atoms with Gasteiger partial charge < -0.3 is 4.74 Å². The van der Waals surface area contributed by atoms with Crippen molar-refractivity contribution in [2.45, 2.75) is 56.5 Å². The van der Waals surface area contributed by atoms with Crippen molar-refractivity contribution in [2.75, 3.05) is 12.0 Å². The van der Waals surface area contributed by atoms with Crippen molar-refractivity contribution in [1.29, 1.82) is 0 Å². The number of hydrogen-bond donors (Lipinski definition) is 1. The van der Waals surface area contributed by atoms with Gasteiger partial charge in [0.05, 0.1) is 25.3 Å². The number of nitrogens with zero attached hydrogens (tertiary/aromatic N) is 1. The zero-order valence-electron chi connectivity index (χ0n) is 15.2. The number of hydrogen-bond acceptors (Lipinski definition) is 4. The van der Waals surface area contributed by atoms with E-state index in [2.05, 4.69) is 5.32 Å². The molecule has 1 aromatic rings. The highest BCUT2D eigenvalue weighted by atomic mass is 16.5. The number of imide groups is 1. The molecule has 1 unspecified atom stereocenters. The first-order valence-corrected chi connectivity index (χ1v) is 9.84. The molecule has 1 aliphatic heterocycles. The molecule has 138 valence electrons. The lowest BCUT2D eigenvalue weighted by atomic mass is 9.53. The van der Waals surface area contributed by atoms with Gasteiger partial charge in [-0.2, -0.15) is 0 Å². The molecule has 0 radical (unpaired) electrons. The Kier molecular flexibility index (Phi) is 3.64. The van der Waals surface area contributed by atoms with Gasteiger partial charge >= 0.3 is 0 Å². The molecule has 5 heteroatoms. The Morgan fingerprint density at radius 3 is 2.27 bits per heavy atom. The van der Waals surface area contributed by atoms with Crippen LogP contribution in [0.1, 0.15) is 44.9 Å². The molecule has 5 fully saturated rings. The highest BCUT2D eigenvalue weighted by Crippen LogP contribution is 2.56. The summed E-state index contributed by atoms with van der Waals surface area (Å²) in [6, 6.07) is 6.84. The van der Waals surface area contributed by atoms with Crippen LogP contribution in [-0.4, -0.2) is 30.5 Å². The topological polar surface area (TPSA) is 58.6 Å². The predicted molar refractivity (Wildman–Crippen MR) is 97.9 cm³/mol. The fourth-order valence-electron chi connectivity index (χ4n) is 6.47. The highest BCUT2D eigenvalue weighted by Gasteiger charge is 2.53. The molecule has 2 amide bonds. The van der Waals surface area contributed by atoms with E-state index in [1.54, 1.807) is 19.2 Å². The number of ether oxygens (including phenoxy) is 1. The Hall–Kier alpha value is -1.88. The third-order valence-electron chi connectivity index (χ3n) is 6.99. The van der Waals surface area contributed by atoms with Crippen molar-refractivity contribution < 1.29 is 14.3 Å². The van der Waals surface area contributed by atoms with Crippen LogP contribution in [0.5, 0.6) is 5.75 Å². The van der Waals surface area contributed by atoms with Gasteiger partial charge in [0.25, 0.3) is 5.91 Å². The zero-order chi connectivity index (χ0) is 17.9. The van der Waals surface area contributed by atoms with Crippen LogP contribution in [0.4, 0.5) is 5.69 Å². The molecule has 1 saturated heterocycles. The summed E-state index contributed by atoms with van der Waals surface area (Å²) in [6.07, 6.45) is 7.87. The van der Waals surface area contributed by atoms with Crippen molar-refractivity contribution >= 4 is 17.5 Å². The van der Waals surface area contributed by atoms with Crippen LogP contribution >= 0.6 is 0 Å². The highest BCUT2D eigenvalue weighted by molar-refractivity contribution is 6.23. The zero-order valence-corrected chi connectivity index (χ0v) is 15.2. The quantitative estimate of drug-likeness (QED) is 0.845. The van der Waals surface area contributed by atoms with Gasteiger partial charge in [-0.15, -0.1) is 0 Å². The number of carbonyl (C=O) groups excluding carboxylic acids is 2. The number of nitrogens with one attached hydrogen (secondary N) is 1. The van der Waals surface area contributed by atoms with Crippen molar-refractivity contribution in [1.82, 2.24) is 5.32 Å². The number of anilines is 1. The second-order valence-electron chi connectivity index (χ2n) is 8.84. The fraction of sp³-hybridized carbons (Fsp3) is 0.619. The van der Waals surface area contributed by atoms with E-state index in [1.807, 2.05) is 12.1 Å². The van der Waals surface area contributed by atoms with Gasteiger partial charge in [0.2, 0.25) is 5.91 Å². The van der Waals surface area contributed by atoms with Crippen LogP contribution in [-0.2, 0) is 9.59 Å². The first-order chi connectivity index (χ1) is 12.6. The molecule has 5 nitrogen and oxygen atoms in total. The maximum Gasteiger partial charge on any atom is 0.251 e. The van der Waals surface area contributed by atoms with Gasteiger partial charge in [0, 0.05) is 5.54 Å². The first-order valence-electron chi connectivity index (χ1n) is 9.84. The van der Waals surface area contributed by atoms with E-state index in [0.717, 1.165) is 17.8 Å². The molecular weight excluding hydrogens is 328 g/mol. The predicted octanol–water partition coefficient (Wildman–Crippen LogP) is 2.89. The summed E-state index contributed by atoms with van der Waals surface area (Å²) >= 11 is 0. The summed E-state index contributed by atoms with van der Waals surface area (Å²) in [6.45, 7) is 0. The third kappa shape index (κ3) is 2.48. The molecule has 0 spiro atoms. The number of amides is 2. The van der Waals surface area contributed by atoms with Crippen molar-refractivity contribution in [2.24, 2.45) is 17.8 Å². The molecule has 4 saturated carbocycles. The molecule has 6 rings (SSSR count). The lowest BCUT2D eigenvalue weighted by Crippen LogP contribution is -2.61. The summed E-state index contributed by atoms with van der Waals surface area (Å²) in [5, 5.41) is 3.69. The maximum absolute atomic E-state index is 13.1. The number of methoxy groups -OCH3 is 1. The summed E-state index contributed by atoms with van der Waals surface area (Å²) in [4.78, 5) is 27.1. The fourth-order valence-corrected chi connectivity index (χ4v) is 6.47. The lowest BCUT2D eigenvalue weighted by Gasteiger charge is -2.57.